The van der Waals surface area contributed by atoms with Crippen LogP contribution in [0.5, 0.6) is 5.75 Å². The van der Waals surface area contributed by atoms with E-state index in [4.69, 9.17) is 9.47 Å². The third-order valence-corrected chi connectivity index (χ3v) is 17.6. The molecule has 4 aliphatic rings. The highest BCUT2D eigenvalue weighted by molar-refractivity contribution is 6.91. The van der Waals surface area contributed by atoms with E-state index in [1.54, 1.807) is 7.11 Å². The lowest BCUT2D eigenvalue weighted by atomic mass is 9.82. The van der Waals surface area contributed by atoms with Crippen LogP contribution in [-0.2, 0) is 19.9 Å². The second-order valence-electron chi connectivity index (χ2n) is 17.1. The molecule has 3 aromatic carbocycles. The van der Waals surface area contributed by atoms with Gasteiger partial charge in [-0.15, -0.1) is 0 Å². The number of nitrogens with one attached hydrogen (secondary N) is 1. The topological polar surface area (TPSA) is 94.6 Å². The smallest absolute Gasteiger partial charge is 0.264 e. The van der Waals surface area contributed by atoms with E-state index in [1.807, 2.05) is 52.3 Å². The molecule has 3 saturated heterocycles. The van der Waals surface area contributed by atoms with E-state index in [2.05, 4.69) is 93.5 Å². The van der Waals surface area contributed by atoms with Crippen molar-refractivity contribution in [3.8, 4) is 5.75 Å². The van der Waals surface area contributed by atoms with Crippen molar-refractivity contribution in [2.24, 2.45) is 5.92 Å². The van der Waals surface area contributed by atoms with Crippen molar-refractivity contribution < 1.29 is 24.2 Å². The molecule has 0 saturated carbocycles. The van der Waals surface area contributed by atoms with Gasteiger partial charge in [0.1, 0.15) is 11.3 Å². The zero-order chi connectivity index (χ0) is 39.8. The Morgan fingerprint density at radius 1 is 0.964 bits per heavy atom. The summed E-state index contributed by atoms with van der Waals surface area (Å²) in [6.45, 7) is 15.6. The first-order valence-electron chi connectivity index (χ1n) is 20.4. The Morgan fingerprint density at radius 2 is 1.68 bits per heavy atom. The molecule has 0 aliphatic carbocycles. The first-order valence-corrected chi connectivity index (χ1v) is 23.5. The third kappa shape index (κ3) is 6.82. The molecule has 0 unspecified atom stereocenters. The largest absolute Gasteiger partial charge is 0.497 e. The molecule has 0 radical (unpaired) electrons. The predicted octanol–water partition coefficient (Wildman–Crippen LogP) is 7.27. The van der Waals surface area contributed by atoms with Crippen LogP contribution in [0.4, 0.5) is 17.1 Å². The summed E-state index contributed by atoms with van der Waals surface area (Å²) in [5.41, 5.74) is 4.08. The average molecular weight is 777 g/mol. The summed E-state index contributed by atoms with van der Waals surface area (Å²) in [6.07, 6.45) is 7.84. The first kappa shape index (κ1) is 40.0. The van der Waals surface area contributed by atoms with Crippen LogP contribution in [0.1, 0.15) is 65.4 Å². The number of rotatable bonds is 12. The number of ether oxygens (including phenoxy) is 2. The number of allylic oxidation sites excluding steroid dienone is 3. The summed E-state index contributed by atoms with van der Waals surface area (Å²) in [6, 6.07) is 24.7. The molecule has 9 nitrogen and oxygen atoms in total. The summed E-state index contributed by atoms with van der Waals surface area (Å²) in [5, 5.41) is 15.2. The van der Waals surface area contributed by atoms with Gasteiger partial charge in [0.05, 0.1) is 33.6 Å². The van der Waals surface area contributed by atoms with Crippen LogP contribution in [0.15, 0.2) is 96.1 Å². The summed E-state index contributed by atoms with van der Waals surface area (Å²) in [4.78, 5) is 36.2. The summed E-state index contributed by atoms with van der Waals surface area (Å²) < 4.78 is 12.7. The molecule has 4 heterocycles. The number of carbonyl (C=O) groups excluding carboxylic acids is 2. The van der Waals surface area contributed by atoms with Gasteiger partial charge in [-0.05, 0) is 114 Å². The van der Waals surface area contributed by atoms with E-state index in [0.29, 0.717) is 32.5 Å². The standard InChI is InChI=1S/C46H60N4O5Si/c1-32(2)12-11-13-33(3)22-28-48-40-21-16-36(49-31-50(35-14-9-8-10-15-35)45(43(49)52)24-26-47-27-25-45)30-39(40)46(44(48)53)34(4)42(41(55-46)23-29-51)56(6,7)38-19-17-37(54-5)18-20-38/h8-10,12,14-22,30,34,41-42,47,51H,11,13,23-29,31H2,1-7H3/b33-22+/t34-,41+,42-,46+/m0/s1. The Morgan fingerprint density at radius 3 is 2.34 bits per heavy atom. The number of piperidine rings is 1. The summed E-state index contributed by atoms with van der Waals surface area (Å²) >= 11 is 0. The normalized spacial score (nSPS) is 24.8. The summed E-state index contributed by atoms with van der Waals surface area (Å²) in [7, 11) is -0.677. The van der Waals surface area contributed by atoms with Crippen molar-refractivity contribution in [3.05, 3.63) is 102 Å². The van der Waals surface area contributed by atoms with Crippen molar-refractivity contribution in [2.45, 2.75) is 95.7 Å². The van der Waals surface area contributed by atoms with Gasteiger partial charge in [0.25, 0.3) is 11.8 Å². The van der Waals surface area contributed by atoms with Crippen LogP contribution in [-0.4, -0.2) is 76.7 Å². The van der Waals surface area contributed by atoms with E-state index in [-0.39, 0.29) is 36.0 Å². The quantitative estimate of drug-likeness (QED) is 0.148. The number of hydrogen-bond acceptors (Lipinski definition) is 7. The SMILES string of the molecule is COc1ccc([Si](C)(C)[C@@H]2[C@@H](CCO)O[C@]3(C(=O)N(C/C=C(\C)CCC=C(C)C)c4ccc(N5CN(c6ccccc6)C6(CCNCC6)C5=O)cc43)[C@H]2C)cc1. The zero-order valence-corrected chi connectivity index (χ0v) is 35.3. The predicted molar refractivity (Wildman–Crippen MR) is 229 cm³/mol. The fourth-order valence-electron chi connectivity index (χ4n) is 10.2. The number of para-hydroxylation sites is 1. The second kappa shape index (κ2) is 16.0. The number of methoxy groups -OCH3 is 1. The molecule has 4 atom stereocenters. The third-order valence-electron chi connectivity index (χ3n) is 13.2. The van der Waals surface area contributed by atoms with E-state index in [9.17, 15) is 9.90 Å². The van der Waals surface area contributed by atoms with Gasteiger partial charge < -0.3 is 29.7 Å². The number of carbonyl (C=O) groups is 2. The summed E-state index contributed by atoms with van der Waals surface area (Å²) in [5.74, 6) is 0.628. The lowest BCUT2D eigenvalue weighted by Gasteiger charge is -2.39. The Bertz CT molecular complexity index is 1970. The number of benzene rings is 3. The Labute approximate surface area is 334 Å². The van der Waals surface area contributed by atoms with Crippen LogP contribution >= 0.6 is 0 Å². The maximum absolute atomic E-state index is 15.3. The van der Waals surface area contributed by atoms with Crippen molar-refractivity contribution in [2.75, 3.05) is 54.7 Å². The highest BCUT2D eigenvalue weighted by Gasteiger charge is 2.66. The molecular formula is C46H60N4O5Si. The average Bonchev–Trinajstić information content (AvgIpc) is 3.74. The van der Waals surface area contributed by atoms with E-state index in [0.717, 1.165) is 54.3 Å². The van der Waals surface area contributed by atoms with Crippen LogP contribution in [0, 0.1) is 5.92 Å². The maximum Gasteiger partial charge on any atom is 0.264 e. The number of hydrogen-bond donors (Lipinski definition) is 2. The number of aliphatic hydroxyl groups is 1. The van der Waals surface area contributed by atoms with Gasteiger partial charge in [0.2, 0.25) is 0 Å². The van der Waals surface area contributed by atoms with Crippen molar-refractivity contribution in [1.29, 1.82) is 0 Å². The highest BCUT2D eigenvalue weighted by Crippen LogP contribution is 2.60. The molecule has 298 valence electrons. The fourth-order valence-corrected chi connectivity index (χ4v) is 14.2. The molecule has 56 heavy (non-hydrogen) atoms. The molecule has 10 heteroatoms. The van der Waals surface area contributed by atoms with Gasteiger partial charge in [0.15, 0.2) is 5.60 Å². The monoisotopic (exact) mass is 776 g/mol. The Balaban J connectivity index is 1.32. The lowest BCUT2D eigenvalue weighted by Crippen LogP contribution is -2.55. The molecular weight excluding hydrogens is 717 g/mol. The number of amides is 2. The number of fused-ring (bicyclic) bond motifs is 2. The van der Waals surface area contributed by atoms with Crippen molar-refractivity contribution in [3.63, 3.8) is 0 Å². The van der Waals surface area contributed by atoms with Crippen molar-refractivity contribution in [1.82, 2.24) is 5.32 Å². The number of nitrogens with zero attached hydrogens (tertiary/aromatic N) is 3. The minimum absolute atomic E-state index is 0.0183. The zero-order valence-electron chi connectivity index (χ0n) is 34.3. The van der Waals surface area contributed by atoms with E-state index in [1.165, 1.54) is 16.3 Å². The van der Waals surface area contributed by atoms with Crippen LogP contribution in [0.25, 0.3) is 0 Å². The van der Waals surface area contributed by atoms with Gasteiger partial charge >= 0.3 is 0 Å². The number of anilines is 3. The molecule has 3 aromatic rings. The van der Waals surface area contributed by atoms with Crippen LogP contribution in [0.2, 0.25) is 18.6 Å². The fraction of sp³-hybridized carbons (Fsp3) is 0.478. The molecule has 2 N–H and O–H groups in total. The Hall–Kier alpha value is -4.22. The Kier molecular flexibility index (Phi) is 11.4. The molecule has 2 spiro atoms. The number of aliphatic hydroxyl groups excluding tert-OH is 1. The maximum atomic E-state index is 15.3. The van der Waals surface area contributed by atoms with Gasteiger partial charge in [-0.3, -0.25) is 14.5 Å². The molecule has 4 aliphatic heterocycles. The molecule has 3 fully saturated rings. The van der Waals surface area contributed by atoms with Gasteiger partial charge in [-0.2, -0.15) is 0 Å². The molecule has 7 rings (SSSR count). The van der Waals surface area contributed by atoms with Gasteiger partial charge in [0, 0.05) is 36.0 Å². The lowest BCUT2D eigenvalue weighted by molar-refractivity contribution is -0.146. The van der Waals surface area contributed by atoms with Crippen molar-refractivity contribution >= 4 is 42.1 Å². The molecule has 0 bridgehead atoms. The van der Waals surface area contributed by atoms with E-state index >= 15 is 4.79 Å². The second-order valence-corrected chi connectivity index (χ2v) is 21.8. The van der Waals surface area contributed by atoms with Crippen LogP contribution in [0.3, 0.4) is 0 Å². The highest BCUT2D eigenvalue weighted by atomic mass is 28.3. The first-order chi connectivity index (χ1) is 26.9. The van der Waals surface area contributed by atoms with E-state index < -0.39 is 19.2 Å². The van der Waals surface area contributed by atoms with Gasteiger partial charge in [-0.25, -0.2) is 0 Å². The minimum atomic E-state index is -2.35. The van der Waals surface area contributed by atoms with Crippen LogP contribution < -0.4 is 29.9 Å². The minimum Gasteiger partial charge on any atom is -0.497 e. The van der Waals surface area contributed by atoms with Gasteiger partial charge in [-0.1, -0.05) is 78.8 Å². The molecule has 2 amide bonds. The molecule has 0 aromatic heterocycles.